The average Bonchev–Trinajstić information content (AvgIpc) is 2.27. The Kier molecular flexibility index (Phi) is 6.22. The standard InChI is InChI=1S/C14H25NO2S/c1-14(2,3)9-12(10-16)15-13(17)8-11-4-6-18-7-5-11/h8,12,16H,4-7,9-10H2,1-3H3,(H,15,17). The third-order valence-corrected chi connectivity index (χ3v) is 3.88. The lowest BCUT2D eigenvalue weighted by Crippen LogP contribution is -2.39. The van der Waals surface area contributed by atoms with Crippen molar-refractivity contribution in [1.29, 1.82) is 0 Å². The molecule has 0 saturated carbocycles. The molecule has 1 atom stereocenters. The summed E-state index contributed by atoms with van der Waals surface area (Å²) in [5, 5.41) is 12.2. The van der Waals surface area contributed by atoms with Crippen LogP contribution in [0.4, 0.5) is 0 Å². The molecule has 4 heteroatoms. The minimum Gasteiger partial charge on any atom is -0.394 e. The predicted molar refractivity (Wildman–Crippen MR) is 77.7 cm³/mol. The van der Waals surface area contributed by atoms with Crippen LogP contribution in [0.1, 0.15) is 40.0 Å². The smallest absolute Gasteiger partial charge is 0.244 e. The van der Waals surface area contributed by atoms with E-state index in [1.807, 2.05) is 11.8 Å². The average molecular weight is 271 g/mol. The number of carbonyl (C=O) groups is 1. The Morgan fingerprint density at radius 1 is 1.44 bits per heavy atom. The van der Waals surface area contributed by atoms with Crippen LogP contribution in [0.3, 0.4) is 0 Å². The van der Waals surface area contributed by atoms with E-state index in [0.717, 1.165) is 30.8 Å². The van der Waals surface area contributed by atoms with Gasteiger partial charge in [0.05, 0.1) is 12.6 Å². The lowest BCUT2D eigenvalue weighted by molar-refractivity contribution is -0.117. The molecule has 0 bridgehead atoms. The summed E-state index contributed by atoms with van der Waals surface area (Å²) in [6.07, 6.45) is 4.54. The maximum absolute atomic E-state index is 11.9. The van der Waals surface area contributed by atoms with Gasteiger partial charge in [-0.25, -0.2) is 0 Å². The van der Waals surface area contributed by atoms with Crippen LogP contribution < -0.4 is 5.32 Å². The molecule has 1 saturated heterocycles. The summed E-state index contributed by atoms with van der Waals surface area (Å²) in [5.74, 6) is 2.18. The number of hydrogen-bond acceptors (Lipinski definition) is 3. The van der Waals surface area contributed by atoms with Gasteiger partial charge in [-0.15, -0.1) is 0 Å². The molecule has 1 unspecified atom stereocenters. The number of aliphatic hydroxyl groups is 1. The van der Waals surface area contributed by atoms with Crippen LogP contribution in [0.2, 0.25) is 0 Å². The van der Waals surface area contributed by atoms with Crippen LogP contribution >= 0.6 is 11.8 Å². The molecule has 1 fully saturated rings. The van der Waals surface area contributed by atoms with Gasteiger partial charge in [0.2, 0.25) is 5.91 Å². The van der Waals surface area contributed by atoms with Gasteiger partial charge < -0.3 is 10.4 Å². The van der Waals surface area contributed by atoms with Crippen molar-refractivity contribution in [3.8, 4) is 0 Å². The molecule has 1 heterocycles. The van der Waals surface area contributed by atoms with Crippen LogP contribution in [-0.2, 0) is 4.79 Å². The highest BCUT2D eigenvalue weighted by Crippen LogP contribution is 2.22. The van der Waals surface area contributed by atoms with E-state index < -0.39 is 0 Å². The van der Waals surface area contributed by atoms with Crippen molar-refractivity contribution in [2.75, 3.05) is 18.1 Å². The second-order valence-electron chi connectivity index (χ2n) is 6.07. The maximum atomic E-state index is 11.9. The molecule has 1 rings (SSSR count). The summed E-state index contributed by atoms with van der Waals surface area (Å²) in [4.78, 5) is 11.9. The molecule has 0 aromatic heterocycles. The van der Waals surface area contributed by atoms with Crippen molar-refractivity contribution in [2.45, 2.75) is 46.1 Å². The summed E-state index contributed by atoms with van der Waals surface area (Å²) in [6, 6.07) is -0.146. The van der Waals surface area contributed by atoms with Gasteiger partial charge in [-0.1, -0.05) is 26.3 Å². The van der Waals surface area contributed by atoms with E-state index in [1.165, 1.54) is 5.57 Å². The Bertz CT molecular complexity index is 299. The molecule has 0 radical (unpaired) electrons. The monoisotopic (exact) mass is 271 g/mol. The fourth-order valence-corrected chi connectivity index (χ4v) is 3.12. The van der Waals surface area contributed by atoms with Gasteiger partial charge in [0.25, 0.3) is 0 Å². The molecule has 1 amide bonds. The van der Waals surface area contributed by atoms with Crippen LogP contribution in [0.15, 0.2) is 11.6 Å². The van der Waals surface area contributed by atoms with Crippen LogP contribution in [0.25, 0.3) is 0 Å². The first-order valence-corrected chi connectivity index (χ1v) is 7.75. The van der Waals surface area contributed by atoms with Gasteiger partial charge in [0.15, 0.2) is 0 Å². The summed E-state index contributed by atoms with van der Waals surface area (Å²) in [6.45, 7) is 6.33. The number of rotatable bonds is 4. The van der Waals surface area contributed by atoms with E-state index in [-0.39, 0.29) is 24.0 Å². The highest BCUT2D eigenvalue weighted by atomic mass is 32.2. The Morgan fingerprint density at radius 3 is 2.56 bits per heavy atom. The second-order valence-corrected chi connectivity index (χ2v) is 7.29. The van der Waals surface area contributed by atoms with E-state index in [0.29, 0.717) is 0 Å². The molecule has 3 nitrogen and oxygen atoms in total. The molecule has 0 spiro atoms. The van der Waals surface area contributed by atoms with Crippen molar-refractivity contribution in [3.63, 3.8) is 0 Å². The van der Waals surface area contributed by atoms with E-state index in [9.17, 15) is 9.90 Å². The van der Waals surface area contributed by atoms with Crippen molar-refractivity contribution in [2.24, 2.45) is 5.41 Å². The molecule has 1 aliphatic heterocycles. The molecular weight excluding hydrogens is 246 g/mol. The Hall–Kier alpha value is -0.480. The summed E-state index contributed by atoms with van der Waals surface area (Å²) < 4.78 is 0. The van der Waals surface area contributed by atoms with Gasteiger partial charge in [-0.2, -0.15) is 11.8 Å². The summed E-state index contributed by atoms with van der Waals surface area (Å²) in [5.41, 5.74) is 1.34. The van der Waals surface area contributed by atoms with Gasteiger partial charge in [0.1, 0.15) is 0 Å². The van der Waals surface area contributed by atoms with Gasteiger partial charge in [-0.3, -0.25) is 4.79 Å². The summed E-state index contributed by atoms with van der Waals surface area (Å²) in [7, 11) is 0. The molecule has 0 aromatic rings. The molecule has 18 heavy (non-hydrogen) atoms. The third kappa shape index (κ3) is 6.45. The fourth-order valence-electron chi connectivity index (χ4n) is 2.11. The first kappa shape index (κ1) is 15.6. The number of allylic oxidation sites excluding steroid dienone is 1. The first-order valence-electron chi connectivity index (χ1n) is 6.59. The van der Waals surface area contributed by atoms with Crippen molar-refractivity contribution in [1.82, 2.24) is 5.32 Å². The number of carbonyl (C=O) groups excluding carboxylic acids is 1. The number of thioether (sulfide) groups is 1. The maximum Gasteiger partial charge on any atom is 0.244 e. The van der Waals surface area contributed by atoms with Crippen LogP contribution in [-0.4, -0.2) is 35.2 Å². The van der Waals surface area contributed by atoms with Crippen molar-refractivity contribution >= 4 is 17.7 Å². The van der Waals surface area contributed by atoms with Gasteiger partial charge in [-0.05, 0) is 36.2 Å². The Morgan fingerprint density at radius 2 is 2.06 bits per heavy atom. The third-order valence-electron chi connectivity index (χ3n) is 2.90. The Labute approximate surface area is 114 Å². The zero-order chi connectivity index (χ0) is 13.6. The minimum atomic E-state index is -0.146. The molecule has 104 valence electrons. The normalized spacial score (nSPS) is 18.3. The highest BCUT2D eigenvalue weighted by Gasteiger charge is 2.19. The first-order chi connectivity index (χ1) is 8.40. The quantitative estimate of drug-likeness (QED) is 0.772. The molecular formula is C14H25NO2S. The van der Waals surface area contributed by atoms with E-state index in [4.69, 9.17) is 0 Å². The number of nitrogens with one attached hydrogen (secondary N) is 1. The molecule has 2 N–H and O–H groups in total. The summed E-state index contributed by atoms with van der Waals surface area (Å²) >= 11 is 1.94. The highest BCUT2D eigenvalue weighted by molar-refractivity contribution is 7.99. The zero-order valence-electron chi connectivity index (χ0n) is 11.7. The van der Waals surface area contributed by atoms with Crippen molar-refractivity contribution in [3.05, 3.63) is 11.6 Å². The van der Waals surface area contributed by atoms with Crippen LogP contribution in [0.5, 0.6) is 0 Å². The minimum absolute atomic E-state index is 0.00202. The SMILES string of the molecule is CC(C)(C)CC(CO)NC(=O)C=C1CCSCC1. The second kappa shape index (κ2) is 7.19. The molecule has 1 aliphatic rings. The van der Waals surface area contributed by atoms with Crippen molar-refractivity contribution < 1.29 is 9.90 Å². The van der Waals surface area contributed by atoms with Gasteiger partial charge in [0, 0.05) is 6.08 Å². The van der Waals surface area contributed by atoms with Crippen LogP contribution in [0, 0.1) is 5.41 Å². The predicted octanol–water partition coefficient (Wildman–Crippen LogP) is 2.35. The lowest BCUT2D eigenvalue weighted by Gasteiger charge is -2.25. The molecule has 0 aromatic carbocycles. The zero-order valence-corrected chi connectivity index (χ0v) is 12.5. The number of aliphatic hydroxyl groups excluding tert-OH is 1. The number of amides is 1. The van der Waals surface area contributed by atoms with Gasteiger partial charge >= 0.3 is 0 Å². The van der Waals surface area contributed by atoms with E-state index >= 15 is 0 Å². The number of hydrogen-bond donors (Lipinski definition) is 2. The lowest BCUT2D eigenvalue weighted by atomic mass is 9.88. The van der Waals surface area contributed by atoms with E-state index in [1.54, 1.807) is 6.08 Å². The fraction of sp³-hybridized carbons (Fsp3) is 0.786. The molecule has 0 aliphatic carbocycles. The Balaban J connectivity index is 2.46. The van der Waals surface area contributed by atoms with E-state index in [2.05, 4.69) is 26.1 Å². The topological polar surface area (TPSA) is 49.3 Å². The largest absolute Gasteiger partial charge is 0.394 e.